The van der Waals surface area contributed by atoms with Gasteiger partial charge in [-0.2, -0.15) is 5.10 Å². The van der Waals surface area contributed by atoms with E-state index < -0.39 is 5.54 Å². The molecule has 36 heavy (non-hydrogen) atoms. The van der Waals surface area contributed by atoms with Gasteiger partial charge in [0.15, 0.2) is 5.76 Å². The molecule has 0 bridgehead atoms. The van der Waals surface area contributed by atoms with Crippen LogP contribution >= 0.6 is 0 Å². The number of furan rings is 1. The summed E-state index contributed by atoms with van der Waals surface area (Å²) < 4.78 is 6.97. The summed E-state index contributed by atoms with van der Waals surface area (Å²) in [6.45, 7) is 7.70. The Kier molecular flexibility index (Phi) is 6.82. The van der Waals surface area contributed by atoms with Crippen molar-refractivity contribution in [1.29, 1.82) is 0 Å². The first kappa shape index (κ1) is 24.1. The quantitative estimate of drug-likeness (QED) is 0.551. The molecule has 2 fully saturated rings. The van der Waals surface area contributed by atoms with E-state index in [1.807, 2.05) is 17.0 Å². The number of hydrogen-bond acceptors (Lipinski definition) is 6. The molecule has 2 aliphatic rings. The summed E-state index contributed by atoms with van der Waals surface area (Å²) in [5.74, 6) is 0.453. The molecular formula is C27H34N6O3. The van der Waals surface area contributed by atoms with Crippen molar-refractivity contribution < 1.29 is 14.0 Å². The van der Waals surface area contributed by atoms with Gasteiger partial charge in [0.1, 0.15) is 17.8 Å². The molecule has 0 aliphatic carbocycles. The summed E-state index contributed by atoms with van der Waals surface area (Å²) in [5, 5.41) is 10.9. The van der Waals surface area contributed by atoms with Crippen molar-refractivity contribution in [3.63, 3.8) is 0 Å². The van der Waals surface area contributed by atoms with Crippen LogP contribution in [-0.2, 0) is 16.1 Å². The molecule has 0 spiro atoms. The number of hydrogen-bond donors (Lipinski definition) is 2. The van der Waals surface area contributed by atoms with Gasteiger partial charge in [0, 0.05) is 37.6 Å². The maximum atomic E-state index is 13.9. The van der Waals surface area contributed by atoms with Crippen molar-refractivity contribution in [2.45, 2.75) is 44.8 Å². The lowest BCUT2D eigenvalue weighted by Gasteiger charge is -2.46. The van der Waals surface area contributed by atoms with Crippen LogP contribution in [0.2, 0.25) is 0 Å². The van der Waals surface area contributed by atoms with E-state index >= 15 is 0 Å². The van der Waals surface area contributed by atoms with Gasteiger partial charge in [0.25, 0.3) is 0 Å². The second kappa shape index (κ2) is 10.2. The van der Waals surface area contributed by atoms with Crippen molar-refractivity contribution in [3.8, 4) is 11.5 Å². The largest absolute Gasteiger partial charge is 0.463 e. The zero-order valence-corrected chi connectivity index (χ0v) is 20.9. The predicted octanol–water partition coefficient (Wildman–Crippen LogP) is 2.43. The Balaban J connectivity index is 1.26. The smallest absolute Gasteiger partial charge is 0.248 e. The number of nitrogens with zero attached hydrogens (tertiary/aromatic N) is 4. The summed E-state index contributed by atoms with van der Waals surface area (Å²) in [5.41, 5.74) is 2.18. The zero-order chi connectivity index (χ0) is 25.1. The third kappa shape index (κ3) is 5.02. The van der Waals surface area contributed by atoms with E-state index in [-0.39, 0.29) is 24.4 Å². The van der Waals surface area contributed by atoms with Crippen LogP contribution in [0.25, 0.3) is 11.5 Å². The van der Waals surface area contributed by atoms with Crippen LogP contribution in [0.5, 0.6) is 0 Å². The number of benzene rings is 1. The Morgan fingerprint density at radius 3 is 2.72 bits per heavy atom. The number of carbonyl (C=O) groups is 2. The van der Waals surface area contributed by atoms with Crippen LogP contribution < -0.4 is 15.5 Å². The zero-order valence-electron chi connectivity index (χ0n) is 20.9. The van der Waals surface area contributed by atoms with Crippen LogP contribution in [0, 0.1) is 6.92 Å². The minimum atomic E-state index is -0.898. The molecule has 190 valence electrons. The minimum Gasteiger partial charge on any atom is -0.463 e. The van der Waals surface area contributed by atoms with Gasteiger partial charge < -0.3 is 24.9 Å². The molecule has 5 rings (SSSR count). The van der Waals surface area contributed by atoms with E-state index in [1.54, 1.807) is 23.2 Å². The van der Waals surface area contributed by atoms with Crippen molar-refractivity contribution in [2.75, 3.05) is 37.6 Å². The molecule has 1 unspecified atom stereocenters. The van der Waals surface area contributed by atoms with Crippen molar-refractivity contribution in [3.05, 3.63) is 60.5 Å². The van der Waals surface area contributed by atoms with Gasteiger partial charge in [0.2, 0.25) is 11.8 Å². The molecule has 1 aromatic carbocycles. The third-order valence-electron chi connectivity index (χ3n) is 7.21. The molecule has 0 radical (unpaired) electrons. The van der Waals surface area contributed by atoms with Crippen LogP contribution in [0.3, 0.4) is 0 Å². The summed E-state index contributed by atoms with van der Waals surface area (Å²) in [6, 6.07) is 14.1. The fourth-order valence-electron chi connectivity index (χ4n) is 5.34. The number of aryl methyl sites for hydroxylation is 1. The highest BCUT2D eigenvalue weighted by atomic mass is 16.3. The number of amides is 2. The number of rotatable bonds is 6. The standard InChI is InChI=1S/C27H34N6O3/c1-20-5-3-6-22(17-20)33-15-14-31(18-21(33)2)26(35)27(9-11-28-12-10-27)29-25(34)19-32-13-8-23(30-32)24-7-4-16-36-24/h3-8,13,16-17,21,28H,9-12,14-15,18-19H2,1-2H3,(H,29,34). The lowest BCUT2D eigenvalue weighted by atomic mass is 9.86. The summed E-state index contributed by atoms with van der Waals surface area (Å²) in [6.07, 6.45) is 4.48. The number of piperazine rings is 1. The summed E-state index contributed by atoms with van der Waals surface area (Å²) in [7, 11) is 0. The highest BCUT2D eigenvalue weighted by molar-refractivity contribution is 5.92. The van der Waals surface area contributed by atoms with Gasteiger partial charge in [-0.1, -0.05) is 12.1 Å². The summed E-state index contributed by atoms with van der Waals surface area (Å²) in [4.78, 5) is 31.3. The number of nitrogens with one attached hydrogen (secondary N) is 2. The number of carbonyl (C=O) groups excluding carboxylic acids is 2. The Bertz CT molecular complexity index is 1200. The third-order valence-corrected chi connectivity index (χ3v) is 7.21. The molecular weight excluding hydrogens is 456 g/mol. The molecule has 4 heterocycles. The lowest BCUT2D eigenvalue weighted by Crippen LogP contribution is -2.66. The first-order valence-corrected chi connectivity index (χ1v) is 12.7. The maximum absolute atomic E-state index is 13.9. The normalized spacial score (nSPS) is 19.8. The van der Waals surface area contributed by atoms with Gasteiger partial charge >= 0.3 is 0 Å². The molecule has 0 saturated carbocycles. The monoisotopic (exact) mass is 490 g/mol. The highest BCUT2D eigenvalue weighted by Gasteiger charge is 2.44. The average molecular weight is 491 g/mol. The molecule has 1 atom stereocenters. The second-order valence-corrected chi connectivity index (χ2v) is 9.89. The van der Waals surface area contributed by atoms with Crippen LogP contribution in [-0.4, -0.2) is 70.8 Å². The van der Waals surface area contributed by atoms with E-state index in [2.05, 4.69) is 58.7 Å². The molecule has 9 heteroatoms. The Labute approximate surface area is 211 Å². The van der Waals surface area contributed by atoms with E-state index in [0.717, 1.165) is 6.54 Å². The van der Waals surface area contributed by atoms with E-state index in [9.17, 15) is 9.59 Å². The lowest BCUT2D eigenvalue weighted by molar-refractivity contribution is -0.144. The predicted molar refractivity (Wildman–Crippen MR) is 137 cm³/mol. The van der Waals surface area contributed by atoms with Gasteiger partial charge in [0.05, 0.1) is 6.26 Å². The van der Waals surface area contributed by atoms with Crippen LogP contribution in [0.15, 0.2) is 59.3 Å². The van der Waals surface area contributed by atoms with E-state index in [1.165, 1.54) is 11.3 Å². The average Bonchev–Trinajstić information content (AvgIpc) is 3.56. The fraction of sp³-hybridized carbons (Fsp3) is 0.444. The van der Waals surface area contributed by atoms with Gasteiger partial charge in [-0.25, -0.2) is 0 Å². The Morgan fingerprint density at radius 2 is 2.00 bits per heavy atom. The molecule has 3 aromatic rings. The molecule has 2 N–H and O–H groups in total. The van der Waals surface area contributed by atoms with Gasteiger partial charge in [-0.3, -0.25) is 14.3 Å². The van der Waals surface area contributed by atoms with Crippen LogP contribution in [0.4, 0.5) is 5.69 Å². The molecule has 2 amide bonds. The van der Waals surface area contributed by atoms with Crippen molar-refractivity contribution in [2.24, 2.45) is 0 Å². The highest BCUT2D eigenvalue weighted by Crippen LogP contribution is 2.26. The molecule has 9 nitrogen and oxygen atoms in total. The molecule has 2 aromatic heterocycles. The maximum Gasteiger partial charge on any atom is 0.248 e. The SMILES string of the molecule is Cc1cccc(N2CCN(C(=O)C3(NC(=O)Cn4ccc(-c5ccco5)n4)CCNCC3)CC2C)c1. The topological polar surface area (TPSA) is 95.6 Å². The minimum absolute atomic E-state index is 0.0184. The van der Waals surface area contributed by atoms with E-state index in [0.29, 0.717) is 50.5 Å². The van der Waals surface area contributed by atoms with Gasteiger partial charge in [-0.05, 0) is 75.7 Å². The number of piperidine rings is 1. The van der Waals surface area contributed by atoms with Crippen molar-refractivity contribution in [1.82, 2.24) is 25.3 Å². The fourth-order valence-corrected chi connectivity index (χ4v) is 5.34. The summed E-state index contributed by atoms with van der Waals surface area (Å²) >= 11 is 0. The molecule has 2 aliphatic heterocycles. The first-order chi connectivity index (χ1) is 17.4. The Morgan fingerprint density at radius 1 is 1.17 bits per heavy atom. The van der Waals surface area contributed by atoms with E-state index in [4.69, 9.17) is 4.42 Å². The molecule has 2 saturated heterocycles. The second-order valence-electron chi connectivity index (χ2n) is 9.89. The number of anilines is 1. The first-order valence-electron chi connectivity index (χ1n) is 12.7. The van der Waals surface area contributed by atoms with Crippen molar-refractivity contribution >= 4 is 17.5 Å². The number of aromatic nitrogens is 2. The van der Waals surface area contributed by atoms with Crippen LogP contribution in [0.1, 0.15) is 25.3 Å². The Hall–Kier alpha value is -3.59. The van der Waals surface area contributed by atoms with Gasteiger partial charge in [-0.15, -0.1) is 0 Å².